The van der Waals surface area contributed by atoms with Crippen molar-refractivity contribution in [1.29, 1.82) is 0 Å². The number of hydrogen-bond donors (Lipinski definition) is 0. The Morgan fingerprint density at radius 3 is 0.900 bits per heavy atom. The van der Waals surface area contributed by atoms with Gasteiger partial charge in [0, 0.05) is 11.1 Å². The van der Waals surface area contributed by atoms with Crippen LogP contribution in [0.25, 0.3) is 33.6 Å². The molecule has 0 saturated carbocycles. The van der Waals surface area contributed by atoms with Gasteiger partial charge in [-0.1, -0.05) is 146 Å². The van der Waals surface area contributed by atoms with Crippen LogP contribution >= 0.6 is 0 Å². The van der Waals surface area contributed by atoms with Crippen LogP contribution in [-0.2, 0) is 9.59 Å². The maximum atomic E-state index is 14.7. The maximum Gasteiger partial charge on any atom is 0.268 e. The molecule has 238 valence electrons. The van der Waals surface area contributed by atoms with Gasteiger partial charge in [0.2, 0.25) is 0 Å². The average molecular weight is 649 g/mol. The second-order valence-corrected chi connectivity index (χ2v) is 12.0. The van der Waals surface area contributed by atoms with Crippen molar-refractivity contribution < 1.29 is 19.2 Å². The first-order valence-electron chi connectivity index (χ1n) is 16.2. The molecule has 2 aliphatic rings. The van der Waals surface area contributed by atoms with E-state index in [9.17, 15) is 19.2 Å². The van der Waals surface area contributed by atoms with Crippen LogP contribution in [0.5, 0.6) is 0 Å². The van der Waals surface area contributed by atoms with E-state index in [1.54, 1.807) is 84.9 Å². The molecule has 0 N–H and O–H groups in total. The minimum absolute atomic E-state index is 0.0122. The first-order valence-corrected chi connectivity index (χ1v) is 16.2. The fourth-order valence-corrected chi connectivity index (χ4v) is 6.56. The van der Waals surface area contributed by atoms with Crippen molar-refractivity contribution in [1.82, 2.24) is 9.80 Å². The zero-order valence-electron chi connectivity index (χ0n) is 26.7. The Kier molecular flexibility index (Phi) is 7.66. The molecule has 0 radical (unpaired) electrons. The largest absolute Gasteiger partial charge is 0.268 e. The molecule has 50 heavy (non-hydrogen) atoms. The predicted octanol–water partition coefficient (Wildman–Crippen LogP) is 8.51. The molecular weight excluding hydrogens is 620 g/mol. The van der Waals surface area contributed by atoms with E-state index >= 15 is 0 Å². The quantitative estimate of drug-likeness (QED) is 0.170. The van der Waals surface area contributed by atoms with Gasteiger partial charge in [-0.15, -0.1) is 0 Å². The molecule has 6 aromatic rings. The monoisotopic (exact) mass is 648 g/mol. The van der Waals surface area contributed by atoms with Gasteiger partial charge in [0.05, 0.1) is 22.5 Å². The lowest BCUT2D eigenvalue weighted by Crippen LogP contribution is -2.36. The summed E-state index contributed by atoms with van der Waals surface area (Å²) in [7, 11) is 0. The van der Waals surface area contributed by atoms with Crippen LogP contribution in [0, 0.1) is 0 Å². The van der Waals surface area contributed by atoms with Crippen molar-refractivity contribution in [3.63, 3.8) is 0 Å². The molecule has 0 unspecified atom stereocenters. The second-order valence-electron chi connectivity index (χ2n) is 12.0. The van der Waals surface area contributed by atoms with Crippen molar-refractivity contribution in [2.45, 2.75) is 0 Å². The highest BCUT2D eigenvalue weighted by molar-refractivity contribution is 6.37. The van der Waals surface area contributed by atoms with Crippen LogP contribution in [0.4, 0.5) is 0 Å². The van der Waals surface area contributed by atoms with E-state index in [1.165, 1.54) is 0 Å². The topological polar surface area (TPSA) is 74.8 Å². The molecule has 6 heteroatoms. The van der Waals surface area contributed by atoms with E-state index in [2.05, 4.69) is 0 Å². The molecule has 0 saturated heterocycles. The van der Waals surface area contributed by atoms with Crippen LogP contribution in [0.1, 0.15) is 31.8 Å². The Morgan fingerprint density at radius 1 is 0.320 bits per heavy atom. The van der Waals surface area contributed by atoms with Gasteiger partial charge >= 0.3 is 0 Å². The number of carbonyl (C=O) groups is 4. The van der Waals surface area contributed by atoms with Gasteiger partial charge < -0.3 is 0 Å². The van der Waals surface area contributed by atoms with E-state index in [0.29, 0.717) is 22.3 Å². The average Bonchev–Trinajstić information content (AvgIpc) is 3.66. The van der Waals surface area contributed by atoms with E-state index in [4.69, 9.17) is 0 Å². The number of nitrogens with zero attached hydrogens (tertiary/aromatic N) is 2. The standard InChI is InChI=1S/C44H28N2O4/c47-41(35-17-9-3-10-18-35)45-39(33-25-21-31(22-26-33)29-13-5-1-6-14-29)37-38(44(45)50)40(46(43(37)49)42(48)36-19-11-4-12-20-36)34-27-23-32(24-28-34)30-15-7-2-8-16-30/h1-28H. The summed E-state index contributed by atoms with van der Waals surface area (Å²) in [5.41, 5.74) is 5.73. The summed E-state index contributed by atoms with van der Waals surface area (Å²) >= 11 is 0. The molecule has 2 aliphatic heterocycles. The Bertz CT molecular complexity index is 2180. The van der Waals surface area contributed by atoms with Gasteiger partial charge in [0.15, 0.2) is 0 Å². The number of fused-ring (bicyclic) bond motifs is 1. The zero-order chi connectivity index (χ0) is 34.2. The van der Waals surface area contributed by atoms with Crippen molar-refractivity contribution in [2.75, 3.05) is 0 Å². The summed E-state index contributed by atoms with van der Waals surface area (Å²) in [4.78, 5) is 60.0. The number of hydrogen-bond acceptors (Lipinski definition) is 4. The van der Waals surface area contributed by atoms with Gasteiger partial charge in [-0.25, -0.2) is 9.80 Å². The number of carbonyl (C=O) groups excluding carboxylic acids is 4. The molecule has 8 rings (SSSR count). The van der Waals surface area contributed by atoms with Crippen molar-refractivity contribution in [2.24, 2.45) is 0 Å². The smallest absolute Gasteiger partial charge is 0.268 e. The molecule has 0 spiro atoms. The third-order valence-electron chi connectivity index (χ3n) is 8.98. The lowest BCUT2D eigenvalue weighted by atomic mass is 9.98. The van der Waals surface area contributed by atoms with Gasteiger partial charge in [0.1, 0.15) is 0 Å². The minimum Gasteiger partial charge on any atom is -0.268 e. The van der Waals surface area contributed by atoms with Crippen molar-refractivity contribution >= 4 is 35.0 Å². The third kappa shape index (κ3) is 5.16. The normalized spacial score (nSPS) is 14.0. The highest BCUT2D eigenvalue weighted by Crippen LogP contribution is 2.48. The van der Waals surface area contributed by atoms with Gasteiger partial charge in [-0.05, 0) is 57.6 Å². The summed E-state index contributed by atoms with van der Waals surface area (Å²) in [6.07, 6.45) is 0. The first kappa shape index (κ1) is 30.4. The highest BCUT2D eigenvalue weighted by atomic mass is 16.2. The molecule has 0 aliphatic carbocycles. The summed E-state index contributed by atoms with van der Waals surface area (Å²) in [6, 6.07) is 51.4. The van der Waals surface area contributed by atoms with Crippen LogP contribution in [0.15, 0.2) is 181 Å². The Balaban J connectivity index is 1.34. The van der Waals surface area contributed by atoms with E-state index in [1.807, 2.05) is 84.9 Å². The van der Waals surface area contributed by atoms with Crippen molar-refractivity contribution in [3.05, 3.63) is 203 Å². The predicted molar refractivity (Wildman–Crippen MR) is 193 cm³/mol. The number of amides is 4. The van der Waals surface area contributed by atoms with Crippen molar-refractivity contribution in [3.8, 4) is 22.3 Å². The number of benzene rings is 6. The molecule has 2 heterocycles. The molecule has 6 nitrogen and oxygen atoms in total. The number of rotatable bonds is 6. The molecule has 6 aromatic carbocycles. The lowest BCUT2D eigenvalue weighted by molar-refractivity contribution is -0.122. The maximum absolute atomic E-state index is 14.7. The molecule has 0 bridgehead atoms. The highest BCUT2D eigenvalue weighted by Gasteiger charge is 2.52. The summed E-state index contributed by atoms with van der Waals surface area (Å²) in [5, 5.41) is 0. The van der Waals surface area contributed by atoms with E-state index in [0.717, 1.165) is 32.1 Å². The van der Waals surface area contributed by atoms with E-state index < -0.39 is 23.6 Å². The Morgan fingerprint density at radius 2 is 0.580 bits per heavy atom. The van der Waals surface area contributed by atoms with Crippen LogP contribution in [-0.4, -0.2) is 33.4 Å². The van der Waals surface area contributed by atoms with Crippen LogP contribution in [0.3, 0.4) is 0 Å². The molecule has 4 amide bonds. The summed E-state index contributed by atoms with van der Waals surface area (Å²) in [5.74, 6) is -2.48. The fourth-order valence-electron chi connectivity index (χ4n) is 6.56. The Hall–Kier alpha value is -6.92. The fraction of sp³-hybridized carbons (Fsp3) is 0. The molecular formula is C44H28N2O4. The van der Waals surface area contributed by atoms with Crippen LogP contribution in [0.2, 0.25) is 0 Å². The molecule has 0 fully saturated rings. The minimum atomic E-state index is -0.671. The first-order chi connectivity index (χ1) is 24.5. The SMILES string of the molecule is O=C1C2=C(c3ccc(-c4ccccc4)cc3)N(C(=O)c3ccccc3)C(=O)C2=C(c2ccc(-c3ccccc3)cc2)N1C(=O)c1ccccc1. The molecule has 0 aromatic heterocycles. The van der Waals surface area contributed by atoms with Gasteiger partial charge in [0.25, 0.3) is 23.6 Å². The van der Waals surface area contributed by atoms with Crippen LogP contribution < -0.4 is 0 Å². The summed E-state index contributed by atoms with van der Waals surface area (Å²) < 4.78 is 0. The Labute approximate surface area is 288 Å². The number of imide groups is 2. The summed E-state index contributed by atoms with van der Waals surface area (Å²) in [6.45, 7) is 0. The second kappa shape index (κ2) is 12.6. The van der Waals surface area contributed by atoms with E-state index in [-0.39, 0.29) is 22.5 Å². The van der Waals surface area contributed by atoms with Gasteiger partial charge in [-0.2, -0.15) is 0 Å². The third-order valence-corrected chi connectivity index (χ3v) is 8.98. The molecule has 0 atom stereocenters. The zero-order valence-corrected chi connectivity index (χ0v) is 26.7. The van der Waals surface area contributed by atoms with Gasteiger partial charge in [-0.3, -0.25) is 19.2 Å². The lowest BCUT2D eigenvalue weighted by Gasteiger charge is -2.24.